The highest BCUT2D eigenvalue weighted by Gasteiger charge is 2.13. The highest BCUT2D eigenvalue weighted by atomic mass is 32.2. The predicted molar refractivity (Wildman–Crippen MR) is 74.3 cm³/mol. The van der Waals surface area contributed by atoms with Crippen molar-refractivity contribution in [2.45, 2.75) is 5.16 Å². The summed E-state index contributed by atoms with van der Waals surface area (Å²) in [6.45, 7) is 0. The Bertz CT molecular complexity index is 745. The zero-order chi connectivity index (χ0) is 13.4. The van der Waals surface area contributed by atoms with Gasteiger partial charge in [0.2, 0.25) is 11.7 Å². The molecular formula is C12H13N5OS. The van der Waals surface area contributed by atoms with E-state index in [2.05, 4.69) is 15.2 Å². The van der Waals surface area contributed by atoms with Crippen LogP contribution in [0, 0.1) is 0 Å². The molecule has 0 saturated heterocycles. The van der Waals surface area contributed by atoms with Gasteiger partial charge in [-0.15, -0.1) is 5.10 Å². The molecule has 1 N–H and O–H groups in total. The van der Waals surface area contributed by atoms with Crippen LogP contribution in [-0.2, 0) is 4.79 Å². The number of rotatable bonds is 3. The van der Waals surface area contributed by atoms with Crippen molar-refractivity contribution in [3.63, 3.8) is 0 Å². The van der Waals surface area contributed by atoms with Gasteiger partial charge < -0.3 is 4.90 Å². The Kier molecular flexibility index (Phi) is 2.90. The molecule has 6 nitrogen and oxygen atoms in total. The van der Waals surface area contributed by atoms with Crippen molar-refractivity contribution in [3.8, 4) is 0 Å². The Hall–Kier alpha value is -2.02. The molecule has 2 heterocycles. The van der Waals surface area contributed by atoms with E-state index >= 15 is 0 Å². The number of imidazole rings is 1. The number of carbonyl (C=O) groups is 1. The largest absolute Gasteiger partial charge is 0.348 e. The molecule has 2 aromatic heterocycles. The van der Waals surface area contributed by atoms with Crippen molar-refractivity contribution in [1.29, 1.82) is 0 Å². The minimum Gasteiger partial charge on any atom is -0.348 e. The van der Waals surface area contributed by atoms with Gasteiger partial charge in [0.1, 0.15) is 0 Å². The third-order valence-electron chi connectivity index (χ3n) is 2.83. The number of H-pyrrole nitrogens is 1. The summed E-state index contributed by atoms with van der Waals surface area (Å²) in [5, 5.41) is 7.84. The smallest absolute Gasteiger partial charge is 0.232 e. The van der Waals surface area contributed by atoms with Gasteiger partial charge in [-0.25, -0.2) is 10.1 Å². The Morgan fingerprint density at radius 2 is 2.21 bits per heavy atom. The molecule has 0 spiro atoms. The fourth-order valence-electron chi connectivity index (χ4n) is 1.79. The van der Waals surface area contributed by atoms with E-state index < -0.39 is 0 Å². The van der Waals surface area contributed by atoms with Crippen LogP contribution in [0.5, 0.6) is 0 Å². The van der Waals surface area contributed by atoms with Crippen LogP contribution in [0.4, 0.5) is 0 Å². The van der Waals surface area contributed by atoms with Gasteiger partial charge >= 0.3 is 0 Å². The fraction of sp³-hybridized carbons (Fsp3) is 0.250. The fourth-order valence-corrected chi connectivity index (χ4v) is 2.73. The van der Waals surface area contributed by atoms with Crippen LogP contribution in [-0.4, -0.2) is 50.2 Å². The Morgan fingerprint density at radius 3 is 3.00 bits per heavy atom. The molecule has 3 rings (SSSR count). The van der Waals surface area contributed by atoms with E-state index in [0.29, 0.717) is 11.5 Å². The summed E-state index contributed by atoms with van der Waals surface area (Å²) in [6, 6.07) is 7.85. The first kappa shape index (κ1) is 12.0. The summed E-state index contributed by atoms with van der Waals surface area (Å²) >= 11 is 1.40. The SMILES string of the molecule is CN(C)C(=O)CSc1n[nH]c2nc3ccccc3n12. The molecule has 0 bridgehead atoms. The Morgan fingerprint density at radius 1 is 1.42 bits per heavy atom. The van der Waals surface area contributed by atoms with E-state index in [9.17, 15) is 4.79 Å². The van der Waals surface area contributed by atoms with Crippen molar-refractivity contribution in [2.24, 2.45) is 0 Å². The van der Waals surface area contributed by atoms with Crippen LogP contribution in [0.15, 0.2) is 29.4 Å². The summed E-state index contributed by atoms with van der Waals surface area (Å²) in [6.07, 6.45) is 0. The number of hydrogen-bond acceptors (Lipinski definition) is 4. The van der Waals surface area contributed by atoms with Crippen LogP contribution in [0.25, 0.3) is 16.8 Å². The third-order valence-corrected chi connectivity index (χ3v) is 3.75. The average molecular weight is 275 g/mol. The second-order valence-corrected chi connectivity index (χ2v) is 5.29. The maximum Gasteiger partial charge on any atom is 0.232 e. The molecule has 0 saturated carbocycles. The molecule has 19 heavy (non-hydrogen) atoms. The van der Waals surface area contributed by atoms with Crippen LogP contribution < -0.4 is 0 Å². The highest BCUT2D eigenvalue weighted by Crippen LogP contribution is 2.22. The second kappa shape index (κ2) is 4.58. The number of aromatic amines is 1. The minimum atomic E-state index is 0.0607. The lowest BCUT2D eigenvalue weighted by molar-refractivity contribution is -0.125. The molecule has 0 atom stereocenters. The highest BCUT2D eigenvalue weighted by molar-refractivity contribution is 7.99. The number of nitrogens with one attached hydrogen (secondary N) is 1. The van der Waals surface area contributed by atoms with E-state index in [1.54, 1.807) is 19.0 Å². The lowest BCUT2D eigenvalue weighted by atomic mass is 10.3. The van der Waals surface area contributed by atoms with Gasteiger partial charge in [0.05, 0.1) is 16.8 Å². The number of para-hydroxylation sites is 2. The van der Waals surface area contributed by atoms with Crippen LogP contribution in [0.3, 0.4) is 0 Å². The summed E-state index contributed by atoms with van der Waals surface area (Å²) in [5.41, 5.74) is 1.91. The summed E-state index contributed by atoms with van der Waals surface area (Å²) < 4.78 is 1.93. The van der Waals surface area contributed by atoms with Crippen LogP contribution in [0.1, 0.15) is 0 Å². The van der Waals surface area contributed by atoms with Crippen LogP contribution in [0.2, 0.25) is 0 Å². The van der Waals surface area contributed by atoms with Crippen LogP contribution >= 0.6 is 11.8 Å². The first-order valence-corrected chi connectivity index (χ1v) is 6.80. The Balaban J connectivity index is 1.97. The zero-order valence-corrected chi connectivity index (χ0v) is 11.4. The van der Waals surface area contributed by atoms with E-state index in [1.165, 1.54) is 11.8 Å². The predicted octanol–water partition coefficient (Wildman–Crippen LogP) is 1.39. The van der Waals surface area contributed by atoms with E-state index in [4.69, 9.17) is 0 Å². The molecule has 98 valence electrons. The molecular weight excluding hydrogens is 262 g/mol. The maximum atomic E-state index is 11.6. The first-order valence-electron chi connectivity index (χ1n) is 5.81. The monoisotopic (exact) mass is 275 g/mol. The van der Waals surface area contributed by atoms with Crippen molar-refractivity contribution >= 4 is 34.5 Å². The summed E-state index contributed by atoms with van der Waals surface area (Å²) in [4.78, 5) is 17.6. The van der Waals surface area contributed by atoms with Gasteiger partial charge in [0, 0.05) is 14.1 Å². The molecule has 0 fully saturated rings. The summed E-state index contributed by atoms with van der Waals surface area (Å²) in [7, 11) is 3.49. The lowest BCUT2D eigenvalue weighted by Crippen LogP contribution is -2.23. The van der Waals surface area contributed by atoms with Gasteiger partial charge in [-0.3, -0.25) is 9.20 Å². The first-order chi connectivity index (χ1) is 9.16. The number of carbonyl (C=O) groups excluding carboxylic acids is 1. The molecule has 0 aliphatic heterocycles. The van der Waals surface area contributed by atoms with Crippen molar-refractivity contribution < 1.29 is 4.79 Å². The molecule has 0 radical (unpaired) electrons. The number of nitrogens with zero attached hydrogens (tertiary/aromatic N) is 4. The number of thioether (sulfide) groups is 1. The zero-order valence-electron chi connectivity index (χ0n) is 10.6. The quantitative estimate of drug-likeness (QED) is 0.734. The van der Waals surface area contributed by atoms with E-state index in [1.807, 2.05) is 28.7 Å². The lowest BCUT2D eigenvalue weighted by Gasteiger charge is -2.08. The van der Waals surface area contributed by atoms with Crippen molar-refractivity contribution in [2.75, 3.05) is 19.8 Å². The molecule has 3 aromatic rings. The van der Waals surface area contributed by atoms with E-state index in [0.717, 1.165) is 16.2 Å². The number of amides is 1. The van der Waals surface area contributed by atoms with Gasteiger partial charge in [0.15, 0.2) is 5.16 Å². The van der Waals surface area contributed by atoms with Gasteiger partial charge in [-0.2, -0.15) is 0 Å². The Labute approximate surface area is 113 Å². The number of fused-ring (bicyclic) bond motifs is 3. The van der Waals surface area contributed by atoms with Gasteiger partial charge in [-0.05, 0) is 12.1 Å². The standard InChI is InChI=1S/C12H13N5OS/c1-16(2)10(18)7-19-12-15-14-11-13-8-5-3-4-6-9(8)17(11)12/h3-6H,7H2,1-2H3,(H,13,14). The van der Waals surface area contributed by atoms with Crippen molar-refractivity contribution in [1.82, 2.24) is 24.5 Å². The van der Waals surface area contributed by atoms with Crippen molar-refractivity contribution in [3.05, 3.63) is 24.3 Å². The maximum absolute atomic E-state index is 11.6. The van der Waals surface area contributed by atoms with Gasteiger partial charge in [-0.1, -0.05) is 23.9 Å². The second-order valence-electron chi connectivity index (χ2n) is 4.34. The molecule has 0 unspecified atom stereocenters. The molecule has 7 heteroatoms. The number of benzene rings is 1. The summed E-state index contributed by atoms with van der Waals surface area (Å²) in [5.74, 6) is 1.12. The normalized spacial score (nSPS) is 11.3. The minimum absolute atomic E-state index is 0.0607. The number of hydrogen-bond donors (Lipinski definition) is 1. The third kappa shape index (κ3) is 2.06. The molecule has 1 amide bonds. The topological polar surface area (TPSA) is 66.3 Å². The number of aromatic nitrogens is 4. The molecule has 1 aromatic carbocycles. The molecule has 0 aliphatic carbocycles. The van der Waals surface area contributed by atoms with E-state index in [-0.39, 0.29) is 5.91 Å². The average Bonchev–Trinajstić information content (AvgIpc) is 2.94. The van der Waals surface area contributed by atoms with Gasteiger partial charge in [0.25, 0.3) is 0 Å². The molecule has 0 aliphatic rings.